The number of aromatic nitrogens is 4. The Labute approximate surface area is 198 Å². The van der Waals surface area contributed by atoms with Crippen LogP contribution in [0.2, 0.25) is 0 Å². The Morgan fingerprint density at radius 2 is 1.79 bits per heavy atom. The normalized spacial score (nSPS) is 18.1. The smallest absolute Gasteiger partial charge is 0.179 e. The Morgan fingerprint density at radius 3 is 2.44 bits per heavy atom. The summed E-state index contributed by atoms with van der Waals surface area (Å²) in [4.78, 5) is 19.9. The maximum atomic E-state index is 12.0. The second-order valence-electron chi connectivity index (χ2n) is 9.11. The van der Waals surface area contributed by atoms with Crippen LogP contribution in [0, 0.1) is 12.3 Å². The molecule has 1 atom stereocenters. The summed E-state index contributed by atoms with van der Waals surface area (Å²) in [5.41, 5.74) is 2.55. The molecule has 0 aromatic carbocycles. The Bertz CT molecular complexity index is 1320. The third kappa shape index (κ3) is 4.46. The van der Waals surface area contributed by atoms with Crippen molar-refractivity contribution in [1.29, 1.82) is 0 Å². The van der Waals surface area contributed by atoms with Crippen LogP contribution >= 0.6 is 0 Å². The van der Waals surface area contributed by atoms with Crippen molar-refractivity contribution in [3.63, 3.8) is 0 Å². The summed E-state index contributed by atoms with van der Waals surface area (Å²) in [6, 6.07) is 9.09. The van der Waals surface area contributed by atoms with Crippen molar-refractivity contribution in [2.24, 2.45) is 5.41 Å². The van der Waals surface area contributed by atoms with E-state index in [4.69, 9.17) is 9.72 Å². The molecule has 0 unspecified atom stereocenters. The fourth-order valence-electron chi connectivity index (χ4n) is 4.47. The molecule has 2 fully saturated rings. The number of hydrogen-bond acceptors (Lipinski definition) is 10. The molecule has 0 amide bonds. The van der Waals surface area contributed by atoms with Crippen LogP contribution in [0.3, 0.4) is 0 Å². The maximum absolute atomic E-state index is 12.0. The van der Waals surface area contributed by atoms with Gasteiger partial charge in [0.25, 0.3) is 0 Å². The summed E-state index contributed by atoms with van der Waals surface area (Å²) in [5, 5.41) is 6.17. The van der Waals surface area contributed by atoms with Gasteiger partial charge in [-0.1, -0.05) is 6.07 Å². The highest BCUT2D eigenvalue weighted by atomic mass is 32.2. The second kappa shape index (κ2) is 8.57. The van der Waals surface area contributed by atoms with Crippen molar-refractivity contribution in [3.8, 4) is 0 Å². The van der Waals surface area contributed by atoms with E-state index in [9.17, 15) is 8.42 Å². The first-order valence-corrected chi connectivity index (χ1v) is 12.9. The molecule has 178 valence electrons. The van der Waals surface area contributed by atoms with E-state index in [1.54, 1.807) is 12.1 Å². The number of rotatable bonds is 7. The van der Waals surface area contributed by atoms with Crippen molar-refractivity contribution >= 4 is 33.1 Å². The van der Waals surface area contributed by atoms with Gasteiger partial charge in [0.15, 0.2) is 9.84 Å². The number of likely N-dealkylation sites (tertiary alicyclic amines) is 1. The van der Waals surface area contributed by atoms with Crippen LogP contribution in [0.4, 0.5) is 23.3 Å². The summed E-state index contributed by atoms with van der Waals surface area (Å²) in [6.45, 7) is 8.13. The number of hydrogen-bond donors (Lipinski definition) is 2. The Hall–Kier alpha value is -3.15. The zero-order chi connectivity index (χ0) is 23.9. The molecule has 2 aliphatic heterocycles. The van der Waals surface area contributed by atoms with E-state index in [-0.39, 0.29) is 10.7 Å². The van der Waals surface area contributed by atoms with E-state index >= 15 is 0 Å². The van der Waals surface area contributed by atoms with Gasteiger partial charge in [-0.2, -0.15) is 0 Å². The first-order valence-electron chi connectivity index (χ1n) is 11.0. The average Bonchev–Trinajstić information content (AvgIpc) is 2.71. The molecular formula is C23H27N7O3S. The fraction of sp³-hybridized carbons (Fsp3) is 0.391. The van der Waals surface area contributed by atoms with Crippen LogP contribution in [0.25, 0.3) is 0 Å². The lowest BCUT2D eigenvalue weighted by Gasteiger charge is -2.57. The SMILES string of the molecule is Cc1nc(Nc2cc(Nc3ncccc3S(C)(=O)=O)ncn2)ccc1[C@H](C)N1CC2(COC2)C1. The number of sulfone groups is 1. The predicted molar refractivity (Wildman–Crippen MR) is 128 cm³/mol. The van der Waals surface area contributed by atoms with E-state index in [1.807, 2.05) is 13.0 Å². The largest absolute Gasteiger partial charge is 0.380 e. The zero-order valence-corrected chi connectivity index (χ0v) is 20.1. The first-order chi connectivity index (χ1) is 16.2. The van der Waals surface area contributed by atoms with Gasteiger partial charge in [0, 0.05) is 48.8 Å². The molecule has 0 bridgehead atoms. The number of aryl methyl sites for hydroxylation is 1. The predicted octanol–water partition coefficient (Wildman–Crippen LogP) is 2.86. The van der Waals surface area contributed by atoms with Gasteiger partial charge in [-0.05, 0) is 37.6 Å². The molecule has 3 aromatic heterocycles. The van der Waals surface area contributed by atoms with Crippen molar-refractivity contribution in [2.75, 3.05) is 43.2 Å². The van der Waals surface area contributed by atoms with Gasteiger partial charge in [-0.15, -0.1) is 0 Å². The van der Waals surface area contributed by atoms with Gasteiger partial charge in [0.1, 0.15) is 34.5 Å². The third-order valence-electron chi connectivity index (χ3n) is 6.36. The van der Waals surface area contributed by atoms with Gasteiger partial charge in [0.2, 0.25) is 0 Å². The zero-order valence-electron chi connectivity index (χ0n) is 19.3. The summed E-state index contributed by atoms with van der Waals surface area (Å²) in [7, 11) is -3.44. The number of nitrogens with zero attached hydrogens (tertiary/aromatic N) is 5. The van der Waals surface area contributed by atoms with Crippen LogP contribution in [0.1, 0.15) is 24.2 Å². The highest BCUT2D eigenvalue weighted by Crippen LogP contribution is 2.42. The molecule has 34 heavy (non-hydrogen) atoms. The van der Waals surface area contributed by atoms with Gasteiger partial charge < -0.3 is 15.4 Å². The number of nitrogens with one attached hydrogen (secondary N) is 2. The number of pyridine rings is 2. The lowest BCUT2D eigenvalue weighted by molar-refractivity contribution is -0.197. The molecule has 0 radical (unpaired) electrons. The molecule has 0 saturated carbocycles. The van der Waals surface area contributed by atoms with E-state index in [0.717, 1.165) is 38.3 Å². The molecule has 10 nitrogen and oxygen atoms in total. The standard InChI is InChI=1S/C23H27N7O3S/c1-15-17(16(2)30-10-23(11-30)12-33-13-23)6-7-19(27-15)28-20-9-21(26-14-25-20)29-22-18(34(3,31)32)5-4-8-24-22/h4-9,14,16H,10-13H2,1-3H3,(H2,24,25,26,27,28,29)/t16-/m0/s1. The Kier molecular flexibility index (Phi) is 5.70. The van der Waals surface area contributed by atoms with E-state index in [2.05, 4.69) is 43.5 Å². The molecule has 2 aliphatic rings. The van der Waals surface area contributed by atoms with Crippen molar-refractivity contribution in [2.45, 2.75) is 24.8 Å². The lowest BCUT2D eigenvalue weighted by Crippen LogP contribution is -2.66. The van der Waals surface area contributed by atoms with Crippen LogP contribution in [-0.4, -0.2) is 65.8 Å². The summed E-state index contributed by atoms with van der Waals surface area (Å²) in [5.74, 6) is 1.81. The van der Waals surface area contributed by atoms with Crippen LogP contribution < -0.4 is 10.6 Å². The highest BCUT2D eigenvalue weighted by molar-refractivity contribution is 7.90. The first kappa shape index (κ1) is 22.6. The van der Waals surface area contributed by atoms with Crippen molar-refractivity contribution in [3.05, 3.63) is 54.1 Å². The lowest BCUT2D eigenvalue weighted by atomic mass is 9.76. The topological polar surface area (TPSA) is 122 Å². The fourth-order valence-corrected chi connectivity index (χ4v) is 5.25. The van der Waals surface area contributed by atoms with Gasteiger partial charge in [-0.3, -0.25) is 4.90 Å². The molecular weight excluding hydrogens is 454 g/mol. The number of anilines is 4. The second-order valence-corrected chi connectivity index (χ2v) is 11.1. The molecule has 5 heterocycles. The Morgan fingerprint density at radius 1 is 1.06 bits per heavy atom. The minimum Gasteiger partial charge on any atom is -0.380 e. The number of ether oxygens (including phenoxy) is 1. The molecule has 3 aromatic rings. The highest BCUT2D eigenvalue weighted by Gasteiger charge is 2.50. The molecule has 0 aliphatic carbocycles. The molecule has 2 N–H and O–H groups in total. The maximum Gasteiger partial charge on any atom is 0.179 e. The van der Waals surface area contributed by atoms with Crippen LogP contribution in [0.15, 0.2) is 47.8 Å². The molecule has 11 heteroatoms. The minimum atomic E-state index is -3.44. The molecule has 1 spiro atoms. The monoisotopic (exact) mass is 481 g/mol. The molecule has 5 rings (SSSR count). The van der Waals surface area contributed by atoms with Gasteiger partial charge in [-0.25, -0.2) is 28.4 Å². The van der Waals surface area contributed by atoms with E-state index in [0.29, 0.717) is 28.9 Å². The summed E-state index contributed by atoms with van der Waals surface area (Å²) in [6.07, 6.45) is 4.05. The summed E-state index contributed by atoms with van der Waals surface area (Å²) < 4.78 is 29.4. The van der Waals surface area contributed by atoms with E-state index < -0.39 is 9.84 Å². The molecule has 2 saturated heterocycles. The van der Waals surface area contributed by atoms with Gasteiger partial charge >= 0.3 is 0 Å². The Balaban J connectivity index is 1.28. The average molecular weight is 482 g/mol. The minimum absolute atomic E-state index is 0.100. The quantitative estimate of drug-likeness (QED) is 0.521. The van der Waals surface area contributed by atoms with Crippen LogP contribution in [0.5, 0.6) is 0 Å². The van der Waals surface area contributed by atoms with E-state index in [1.165, 1.54) is 24.2 Å². The third-order valence-corrected chi connectivity index (χ3v) is 7.49. The van der Waals surface area contributed by atoms with Crippen molar-refractivity contribution < 1.29 is 13.2 Å². The summed E-state index contributed by atoms with van der Waals surface area (Å²) >= 11 is 0. The van der Waals surface area contributed by atoms with Crippen LogP contribution in [-0.2, 0) is 14.6 Å². The van der Waals surface area contributed by atoms with Crippen molar-refractivity contribution in [1.82, 2.24) is 24.8 Å². The van der Waals surface area contributed by atoms with Gasteiger partial charge in [0.05, 0.1) is 13.2 Å².